The number of ether oxygens (including phenoxy) is 1. The fraction of sp³-hybridized carbons (Fsp3) is 0.304. The summed E-state index contributed by atoms with van der Waals surface area (Å²) in [6, 6.07) is 21.9. The normalized spacial score (nSPS) is 15.7. The standard InChI is InChI=1S/C23H25N3O3/c27-23(21-16-22(29-25-21)19-9-5-2-6-10-19)24-17-20(26-11-13-28-14-12-26)15-18-7-3-1-4-8-18/h1-10,16,20H,11-15,17H2,(H,24,27). The molecule has 1 amide bonds. The average molecular weight is 391 g/mol. The minimum Gasteiger partial charge on any atom is -0.379 e. The van der Waals surface area contributed by atoms with Gasteiger partial charge in [0.15, 0.2) is 11.5 Å². The molecule has 1 aromatic heterocycles. The van der Waals surface area contributed by atoms with Crippen LogP contribution in [0.15, 0.2) is 71.3 Å². The molecule has 2 heterocycles. The van der Waals surface area contributed by atoms with E-state index in [0.717, 1.165) is 38.3 Å². The highest BCUT2D eigenvalue weighted by Crippen LogP contribution is 2.19. The van der Waals surface area contributed by atoms with E-state index >= 15 is 0 Å². The van der Waals surface area contributed by atoms with Gasteiger partial charge in [0.1, 0.15) is 0 Å². The Hall–Kier alpha value is -2.96. The van der Waals surface area contributed by atoms with Crippen molar-refractivity contribution >= 4 is 5.91 Å². The summed E-state index contributed by atoms with van der Waals surface area (Å²) >= 11 is 0. The van der Waals surface area contributed by atoms with Crippen LogP contribution in [0.3, 0.4) is 0 Å². The summed E-state index contributed by atoms with van der Waals surface area (Å²) in [6.45, 7) is 3.73. The van der Waals surface area contributed by atoms with Gasteiger partial charge in [-0.2, -0.15) is 0 Å². The summed E-state index contributed by atoms with van der Waals surface area (Å²) in [7, 11) is 0. The van der Waals surface area contributed by atoms with Crippen LogP contribution in [-0.4, -0.2) is 54.9 Å². The third-order valence-corrected chi connectivity index (χ3v) is 5.18. The molecule has 1 fully saturated rings. The second-order valence-electron chi connectivity index (χ2n) is 7.14. The predicted molar refractivity (Wildman–Crippen MR) is 111 cm³/mol. The number of carbonyl (C=O) groups is 1. The van der Waals surface area contributed by atoms with Crippen LogP contribution in [0.1, 0.15) is 16.1 Å². The monoisotopic (exact) mass is 391 g/mol. The Morgan fingerprint density at radius 3 is 2.45 bits per heavy atom. The molecule has 0 saturated carbocycles. The third kappa shape index (κ3) is 5.10. The molecule has 6 nitrogen and oxygen atoms in total. The summed E-state index contributed by atoms with van der Waals surface area (Å²) in [5, 5.41) is 6.98. The van der Waals surface area contributed by atoms with E-state index in [-0.39, 0.29) is 11.9 Å². The van der Waals surface area contributed by atoms with Gasteiger partial charge < -0.3 is 14.6 Å². The topological polar surface area (TPSA) is 67.6 Å². The molecule has 6 heteroatoms. The first-order valence-corrected chi connectivity index (χ1v) is 9.95. The molecule has 2 aromatic carbocycles. The number of hydrogen-bond acceptors (Lipinski definition) is 5. The largest absolute Gasteiger partial charge is 0.379 e. The van der Waals surface area contributed by atoms with Crippen LogP contribution in [0, 0.1) is 0 Å². The van der Waals surface area contributed by atoms with E-state index < -0.39 is 0 Å². The lowest BCUT2D eigenvalue weighted by Gasteiger charge is -2.34. The molecular weight excluding hydrogens is 366 g/mol. The Morgan fingerprint density at radius 1 is 1.03 bits per heavy atom. The van der Waals surface area contributed by atoms with Crippen molar-refractivity contribution in [3.05, 3.63) is 78.0 Å². The van der Waals surface area contributed by atoms with Gasteiger partial charge in [0.25, 0.3) is 5.91 Å². The maximum atomic E-state index is 12.7. The number of carbonyl (C=O) groups excluding carboxylic acids is 1. The van der Waals surface area contributed by atoms with Gasteiger partial charge in [-0.25, -0.2) is 0 Å². The third-order valence-electron chi connectivity index (χ3n) is 5.18. The number of morpholine rings is 1. The van der Waals surface area contributed by atoms with Gasteiger partial charge >= 0.3 is 0 Å². The van der Waals surface area contributed by atoms with Crippen molar-refractivity contribution in [2.24, 2.45) is 0 Å². The number of rotatable bonds is 7. The molecule has 0 aliphatic carbocycles. The van der Waals surface area contributed by atoms with E-state index in [9.17, 15) is 4.79 Å². The van der Waals surface area contributed by atoms with E-state index in [1.54, 1.807) is 6.07 Å². The lowest BCUT2D eigenvalue weighted by Crippen LogP contribution is -2.49. The smallest absolute Gasteiger partial charge is 0.273 e. The van der Waals surface area contributed by atoms with Crippen molar-refractivity contribution in [2.75, 3.05) is 32.8 Å². The van der Waals surface area contributed by atoms with Crippen LogP contribution in [0.25, 0.3) is 11.3 Å². The lowest BCUT2D eigenvalue weighted by molar-refractivity contribution is 0.0167. The molecule has 1 aliphatic heterocycles. The lowest BCUT2D eigenvalue weighted by atomic mass is 10.0. The summed E-state index contributed by atoms with van der Waals surface area (Å²) < 4.78 is 10.8. The van der Waals surface area contributed by atoms with Crippen LogP contribution in [-0.2, 0) is 11.2 Å². The van der Waals surface area contributed by atoms with E-state index in [1.165, 1.54) is 5.56 Å². The van der Waals surface area contributed by atoms with Gasteiger partial charge in [0.2, 0.25) is 0 Å². The minimum atomic E-state index is -0.220. The van der Waals surface area contributed by atoms with Crippen molar-refractivity contribution < 1.29 is 14.1 Å². The highest BCUT2D eigenvalue weighted by Gasteiger charge is 2.23. The summed E-state index contributed by atoms with van der Waals surface area (Å²) in [6.07, 6.45) is 0.870. The van der Waals surface area contributed by atoms with Crippen LogP contribution < -0.4 is 5.32 Å². The molecule has 3 aromatic rings. The quantitative estimate of drug-likeness (QED) is 0.671. The average Bonchev–Trinajstić information content (AvgIpc) is 3.29. The molecule has 1 unspecified atom stereocenters. The summed E-state index contributed by atoms with van der Waals surface area (Å²) in [4.78, 5) is 15.0. The van der Waals surface area contributed by atoms with Crippen molar-refractivity contribution in [3.63, 3.8) is 0 Å². The second-order valence-corrected chi connectivity index (χ2v) is 7.14. The SMILES string of the molecule is O=C(NCC(Cc1ccccc1)N1CCOCC1)c1cc(-c2ccccc2)on1. The van der Waals surface area contributed by atoms with Gasteiger partial charge in [-0.15, -0.1) is 0 Å². The first-order valence-electron chi connectivity index (χ1n) is 9.95. The van der Waals surface area contributed by atoms with Crippen molar-refractivity contribution in [1.29, 1.82) is 0 Å². The summed E-state index contributed by atoms with van der Waals surface area (Å²) in [5.41, 5.74) is 2.45. The minimum absolute atomic E-state index is 0.200. The molecule has 0 spiro atoms. The summed E-state index contributed by atoms with van der Waals surface area (Å²) in [5.74, 6) is 0.368. The fourth-order valence-electron chi connectivity index (χ4n) is 3.58. The van der Waals surface area contributed by atoms with E-state index in [1.807, 2.05) is 48.5 Å². The molecule has 29 heavy (non-hydrogen) atoms. The highest BCUT2D eigenvalue weighted by atomic mass is 16.5. The molecule has 150 valence electrons. The number of nitrogens with one attached hydrogen (secondary N) is 1. The van der Waals surface area contributed by atoms with Crippen molar-refractivity contribution in [2.45, 2.75) is 12.5 Å². The van der Waals surface area contributed by atoms with Gasteiger partial charge in [-0.1, -0.05) is 65.8 Å². The van der Waals surface area contributed by atoms with E-state index in [0.29, 0.717) is 18.0 Å². The molecule has 1 saturated heterocycles. The predicted octanol–water partition coefficient (Wildman–Crippen LogP) is 3.01. The van der Waals surface area contributed by atoms with Crippen LogP contribution in [0.2, 0.25) is 0 Å². The molecular formula is C23H25N3O3. The Morgan fingerprint density at radius 2 is 1.72 bits per heavy atom. The molecule has 1 atom stereocenters. The van der Waals surface area contributed by atoms with Crippen LogP contribution in [0.5, 0.6) is 0 Å². The number of aromatic nitrogens is 1. The maximum Gasteiger partial charge on any atom is 0.273 e. The Balaban J connectivity index is 1.41. The Kier molecular flexibility index (Phi) is 6.34. The van der Waals surface area contributed by atoms with Gasteiger partial charge in [-0.05, 0) is 12.0 Å². The van der Waals surface area contributed by atoms with Crippen LogP contribution >= 0.6 is 0 Å². The fourth-order valence-corrected chi connectivity index (χ4v) is 3.58. The Labute approximate surface area is 170 Å². The zero-order chi connectivity index (χ0) is 19.9. The van der Waals surface area contributed by atoms with E-state index in [4.69, 9.17) is 9.26 Å². The van der Waals surface area contributed by atoms with Gasteiger partial charge in [0, 0.05) is 37.3 Å². The zero-order valence-corrected chi connectivity index (χ0v) is 16.3. The molecule has 1 N–H and O–H groups in total. The van der Waals surface area contributed by atoms with Gasteiger partial charge in [0.05, 0.1) is 13.2 Å². The molecule has 4 rings (SSSR count). The first kappa shape index (κ1) is 19.4. The van der Waals surface area contributed by atoms with Crippen molar-refractivity contribution in [3.8, 4) is 11.3 Å². The highest BCUT2D eigenvalue weighted by molar-refractivity contribution is 5.93. The molecule has 1 aliphatic rings. The number of nitrogens with zero attached hydrogens (tertiary/aromatic N) is 2. The van der Waals surface area contributed by atoms with Crippen LogP contribution in [0.4, 0.5) is 0 Å². The zero-order valence-electron chi connectivity index (χ0n) is 16.3. The molecule has 0 radical (unpaired) electrons. The second kappa shape index (κ2) is 9.49. The number of benzene rings is 2. The number of hydrogen-bond donors (Lipinski definition) is 1. The number of amides is 1. The Bertz CT molecular complexity index is 905. The van der Waals surface area contributed by atoms with E-state index in [2.05, 4.69) is 27.5 Å². The van der Waals surface area contributed by atoms with Gasteiger partial charge in [-0.3, -0.25) is 9.69 Å². The maximum absolute atomic E-state index is 12.7. The van der Waals surface area contributed by atoms with Crippen molar-refractivity contribution in [1.82, 2.24) is 15.4 Å². The molecule has 0 bridgehead atoms. The first-order chi connectivity index (χ1) is 14.3.